The molecule has 25 heavy (non-hydrogen) atoms. The average Bonchev–Trinajstić information content (AvgIpc) is 2.62. The summed E-state index contributed by atoms with van der Waals surface area (Å²) in [5.41, 5.74) is 3.58. The van der Waals surface area contributed by atoms with Crippen LogP contribution in [0.15, 0.2) is 42.5 Å². The third-order valence-corrected chi connectivity index (χ3v) is 3.86. The molecule has 0 aliphatic carbocycles. The first-order valence-electron chi connectivity index (χ1n) is 8.42. The van der Waals surface area contributed by atoms with Crippen LogP contribution in [-0.2, 0) is 0 Å². The summed E-state index contributed by atoms with van der Waals surface area (Å²) in [6, 6.07) is 14.8. The van der Waals surface area contributed by atoms with Gasteiger partial charge in [-0.1, -0.05) is 31.5 Å². The lowest BCUT2D eigenvalue weighted by Crippen LogP contribution is -2.53. The van der Waals surface area contributed by atoms with Gasteiger partial charge in [0.25, 0.3) is 5.91 Å². The lowest BCUT2D eigenvalue weighted by atomic mass is 10.0. The van der Waals surface area contributed by atoms with Gasteiger partial charge in [0.1, 0.15) is 0 Å². The minimum absolute atomic E-state index is 0.144. The summed E-state index contributed by atoms with van der Waals surface area (Å²) in [7, 11) is 0. The molecule has 1 fully saturated rings. The van der Waals surface area contributed by atoms with E-state index in [0.29, 0.717) is 29.9 Å². The monoisotopic (exact) mass is 337 g/mol. The van der Waals surface area contributed by atoms with Gasteiger partial charge in [0.2, 0.25) is 0 Å². The van der Waals surface area contributed by atoms with E-state index >= 15 is 0 Å². The zero-order chi connectivity index (χ0) is 18.4. The Morgan fingerprint density at radius 1 is 1.20 bits per heavy atom. The maximum Gasteiger partial charge on any atom is 0.256 e. The molecule has 0 unspecified atom stereocenters. The standard InChI is InChI=1S/C18H17N3O2.C2H6/c1-12-2-5-14(6-3-12)20-17-8-13(9-19)4-7-16(17)18(23)21-10-15(22)11-21;1-2/h2-8,15,20,22H,10-11H2,1H3;1-2H3. The number of aryl methyl sites for hydroxylation is 1. The first-order valence-corrected chi connectivity index (χ1v) is 8.42. The summed E-state index contributed by atoms with van der Waals surface area (Å²) < 4.78 is 0. The highest BCUT2D eigenvalue weighted by Gasteiger charge is 2.30. The Hall–Kier alpha value is -2.84. The van der Waals surface area contributed by atoms with Crippen molar-refractivity contribution in [1.29, 1.82) is 5.26 Å². The van der Waals surface area contributed by atoms with Gasteiger partial charge in [0.05, 0.1) is 29.0 Å². The van der Waals surface area contributed by atoms with Gasteiger partial charge in [-0.15, -0.1) is 0 Å². The van der Waals surface area contributed by atoms with Crippen molar-refractivity contribution < 1.29 is 9.90 Å². The fourth-order valence-corrected chi connectivity index (χ4v) is 2.49. The highest BCUT2D eigenvalue weighted by molar-refractivity contribution is 6.01. The number of carbonyl (C=O) groups is 1. The zero-order valence-corrected chi connectivity index (χ0v) is 14.8. The maximum absolute atomic E-state index is 12.5. The summed E-state index contributed by atoms with van der Waals surface area (Å²) in [5.74, 6) is -0.144. The van der Waals surface area contributed by atoms with Gasteiger partial charge in [-0.05, 0) is 37.3 Å². The highest BCUT2D eigenvalue weighted by atomic mass is 16.3. The second kappa shape index (κ2) is 8.32. The largest absolute Gasteiger partial charge is 0.389 e. The number of anilines is 2. The number of hydrogen-bond donors (Lipinski definition) is 2. The van der Waals surface area contributed by atoms with Crippen LogP contribution in [0.3, 0.4) is 0 Å². The molecule has 1 aliphatic heterocycles. The Kier molecular flexibility index (Phi) is 6.15. The number of amides is 1. The minimum Gasteiger partial charge on any atom is -0.389 e. The molecule has 0 atom stereocenters. The van der Waals surface area contributed by atoms with E-state index < -0.39 is 6.10 Å². The zero-order valence-electron chi connectivity index (χ0n) is 14.8. The van der Waals surface area contributed by atoms with Crippen molar-refractivity contribution in [2.24, 2.45) is 0 Å². The lowest BCUT2D eigenvalue weighted by Gasteiger charge is -2.36. The van der Waals surface area contributed by atoms with Crippen molar-refractivity contribution in [3.8, 4) is 6.07 Å². The van der Waals surface area contributed by atoms with E-state index in [9.17, 15) is 9.90 Å². The van der Waals surface area contributed by atoms with Crippen LogP contribution >= 0.6 is 0 Å². The number of β-amino-alcohol motifs (C(OH)–C–C–N with tert-alkyl or cyclic N) is 1. The fraction of sp³-hybridized carbons (Fsp3) is 0.300. The van der Waals surface area contributed by atoms with E-state index in [1.165, 1.54) is 0 Å². The third kappa shape index (κ3) is 4.37. The topological polar surface area (TPSA) is 76.4 Å². The molecule has 5 nitrogen and oxygen atoms in total. The van der Waals surface area contributed by atoms with E-state index in [4.69, 9.17) is 5.26 Å². The second-order valence-electron chi connectivity index (χ2n) is 5.73. The normalized spacial score (nSPS) is 13.2. The number of nitrogens with one attached hydrogen (secondary N) is 1. The minimum atomic E-state index is -0.439. The molecule has 2 aromatic carbocycles. The Morgan fingerprint density at radius 2 is 1.84 bits per heavy atom. The number of aliphatic hydroxyl groups excluding tert-OH is 1. The molecule has 1 saturated heterocycles. The first kappa shape index (κ1) is 18.5. The van der Waals surface area contributed by atoms with Crippen molar-refractivity contribution in [3.63, 3.8) is 0 Å². The molecule has 2 N–H and O–H groups in total. The Morgan fingerprint density at radius 3 is 2.40 bits per heavy atom. The van der Waals surface area contributed by atoms with Crippen molar-refractivity contribution in [2.75, 3.05) is 18.4 Å². The van der Waals surface area contributed by atoms with Gasteiger partial charge in [0.15, 0.2) is 0 Å². The van der Waals surface area contributed by atoms with Crippen LogP contribution in [0.2, 0.25) is 0 Å². The number of carbonyl (C=O) groups excluding carboxylic acids is 1. The molecule has 0 aromatic heterocycles. The van der Waals surface area contributed by atoms with E-state index in [1.54, 1.807) is 23.1 Å². The van der Waals surface area contributed by atoms with Crippen molar-refractivity contribution in [3.05, 3.63) is 59.2 Å². The van der Waals surface area contributed by atoms with Gasteiger partial charge in [-0.25, -0.2) is 0 Å². The Bertz CT molecular complexity index is 773. The van der Waals surface area contributed by atoms with Crippen LogP contribution in [0.4, 0.5) is 11.4 Å². The van der Waals surface area contributed by atoms with Gasteiger partial charge < -0.3 is 15.3 Å². The van der Waals surface area contributed by atoms with Gasteiger partial charge in [-0.3, -0.25) is 4.79 Å². The molecule has 3 rings (SSSR count). The summed E-state index contributed by atoms with van der Waals surface area (Å²) in [5, 5.41) is 21.7. The molecule has 1 aliphatic rings. The molecule has 130 valence electrons. The SMILES string of the molecule is CC.Cc1ccc(Nc2cc(C#N)ccc2C(=O)N2CC(O)C2)cc1. The van der Waals surface area contributed by atoms with E-state index in [-0.39, 0.29) is 5.91 Å². The molecule has 0 radical (unpaired) electrons. The Balaban J connectivity index is 0.00000109. The fourth-order valence-electron chi connectivity index (χ4n) is 2.49. The smallest absolute Gasteiger partial charge is 0.256 e. The van der Waals surface area contributed by atoms with Crippen LogP contribution in [-0.4, -0.2) is 35.1 Å². The molecule has 1 heterocycles. The summed E-state index contributed by atoms with van der Waals surface area (Å²) in [6.07, 6.45) is -0.439. The number of rotatable bonds is 3. The molecule has 0 spiro atoms. The molecule has 0 saturated carbocycles. The summed E-state index contributed by atoms with van der Waals surface area (Å²) in [6.45, 7) is 6.70. The van der Waals surface area contributed by atoms with Crippen molar-refractivity contribution in [2.45, 2.75) is 26.9 Å². The van der Waals surface area contributed by atoms with Gasteiger partial charge in [-0.2, -0.15) is 5.26 Å². The summed E-state index contributed by atoms with van der Waals surface area (Å²) >= 11 is 0. The number of likely N-dealkylation sites (tertiary alicyclic amines) is 1. The molecule has 2 aromatic rings. The van der Waals surface area contributed by atoms with E-state index in [0.717, 1.165) is 11.3 Å². The predicted octanol–water partition coefficient (Wildman–Crippen LogP) is 3.45. The van der Waals surface area contributed by atoms with Crippen LogP contribution < -0.4 is 5.32 Å². The van der Waals surface area contributed by atoms with Crippen LogP contribution in [0.5, 0.6) is 0 Å². The van der Waals surface area contributed by atoms with Gasteiger partial charge >= 0.3 is 0 Å². The third-order valence-electron chi connectivity index (χ3n) is 3.86. The molecular formula is C20H23N3O2. The predicted molar refractivity (Wildman–Crippen MR) is 98.9 cm³/mol. The van der Waals surface area contributed by atoms with Gasteiger partial charge in [0, 0.05) is 18.8 Å². The van der Waals surface area contributed by atoms with Crippen molar-refractivity contribution in [1.82, 2.24) is 4.90 Å². The molecule has 1 amide bonds. The highest BCUT2D eigenvalue weighted by Crippen LogP contribution is 2.25. The van der Waals surface area contributed by atoms with Crippen LogP contribution in [0, 0.1) is 18.3 Å². The number of aliphatic hydroxyl groups is 1. The van der Waals surface area contributed by atoms with E-state index in [1.807, 2.05) is 45.0 Å². The number of hydrogen-bond acceptors (Lipinski definition) is 4. The lowest BCUT2D eigenvalue weighted by molar-refractivity contribution is 0.00596. The van der Waals surface area contributed by atoms with Crippen LogP contribution in [0.25, 0.3) is 0 Å². The number of nitriles is 1. The number of nitrogens with zero attached hydrogens (tertiary/aromatic N) is 2. The number of benzene rings is 2. The first-order chi connectivity index (χ1) is 12.1. The Labute approximate surface area is 148 Å². The maximum atomic E-state index is 12.5. The summed E-state index contributed by atoms with van der Waals surface area (Å²) in [4.78, 5) is 14.1. The van der Waals surface area contributed by atoms with Crippen molar-refractivity contribution >= 4 is 17.3 Å². The molecular weight excluding hydrogens is 314 g/mol. The molecule has 5 heteroatoms. The molecule has 0 bridgehead atoms. The van der Waals surface area contributed by atoms with Crippen LogP contribution in [0.1, 0.15) is 35.3 Å². The second-order valence-corrected chi connectivity index (χ2v) is 5.73. The van der Waals surface area contributed by atoms with E-state index in [2.05, 4.69) is 11.4 Å². The average molecular weight is 337 g/mol. The quantitative estimate of drug-likeness (QED) is 0.899.